The Kier molecular flexibility index (Phi) is 4.52. The van der Waals surface area contributed by atoms with E-state index < -0.39 is 0 Å². The molecular formula is C19H17N3O5S. The number of nitrogens with zero attached hydrogens (tertiary/aromatic N) is 3. The zero-order valence-corrected chi connectivity index (χ0v) is 16.5. The van der Waals surface area contributed by atoms with Crippen molar-refractivity contribution in [3.8, 4) is 28.6 Å². The molecule has 0 N–H and O–H groups in total. The number of rotatable bonds is 5. The van der Waals surface area contributed by atoms with Crippen LogP contribution in [0.3, 0.4) is 0 Å². The van der Waals surface area contributed by atoms with Gasteiger partial charge in [0.2, 0.25) is 10.7 Å². The van der Waals surface area contributed by atoms with Crippen LogP contribution >= 0.6 is 11.3 Å². The molecule has 0 bridgehead atoms. The van der Waals surface area contributed by atoms with Crippen LogP contribution < -0.4 is 24.3 Å². The molecule has 3 aromatic heterocycles. The zero-order chi connectivity index (χ0) is 19.8. The number of methoxy groups -OCH3 is 3. The predicted octanol–water partition coefficient (Wildman–Crippen LogP) is 2.29. The lowest BCUT2D eigenvalue weighted by Crippen LogP contribution is -2.23. The minimum atomic E-state index is -0.220. The summed E-state index contributed by atoms with van der Waals surface area (Å²) in [6, 6.07) is 7.12. The van der Waals surface area contributed by atoms with E-state index in [4.69, 9.17) is 18.6 Å². The van der Waals surface area contributed by atoms with Gasteiger partial charge < -0.3 is 18.6 Å². The van der Waals surface area contributed by atoms with Crippen LogP contribution in [-0.4, -0.2) is 35.9 Å². The number of aromatic nitrogens is 3. The Bertz CT molecular complexity index is 1250. The maximum Gasteiger partial charge on any atom is 0.276 e. The average Bonchev–Trinajstić information content (AvgIpc) is 3.38. The molecule has 0 unspecified atom stereocenters. The van der Waals surface area contributed by atoms with Gasteiger partial charge in [-0.25, -0.2) is 4.40 Å². The molecule has 4 aromatic rings. The van der Waals surface area contributed by atoms with Gasteiger partial charge in [0.05, 0.1) is 21.3 Å². The van der Waals surface area contributed by atoms with Crippen LogP contribution in [0.5, 0.6) is 17.2 Å². The number of ether oxygens (including phenoxy) is 3. The van der Waals surface area contributed by atoms with Gasteiger partial charge >= 0.3 is 0 Å². The highest BCUT2D eigenvalue weighted by Crippen LogP contribution is 2.40. The van der Waals surface area contributed by atoms with Gasteiger partial charge in [0, 0.05) is 11.6 Å². The summed E-state index contributed by atoms with van der Waals surface area (Å²) in [7, 11) is 4.59. The van der Waals surface area contributed by atoms with E-state index in [1.54, 1.807) is 18.2 Å². The fraction of sp³-hybridized carbons (Fsp3) is 0.211. The first-order valence-corrected chi connectivity index (χ1v) is 9.14. The third-order valence-corrected chi connectivity index (χ3v) is 5.17. The van der Waals surface area contributed by atoms with Crippen LogP contribution in [0.1, 0.15) is 11.5 Å². The van der Waals surface area contributed by atoms with Gasteiger partial charge in [0.25, 0.3) is 5.56 Å². The third-order valence-electron chi connectivity index (χ3n) is 4.21. The molecule has 8 nitrogen and oxygen atoms in total. The maximum absolute atomic E-state index is 13.0. The fourth-order valence-corrected chi connectivity index (χ4v) is 3.81. The molecule has 0 fully saturated rings. The van der Waals surface area contributed by atoms with Crippen molar-refractivity contribution in [3.63, 3.8) is 0 Å². The van der Waals surface area contributed by atoms with E-state index in [9.17, 15) is 4.79 Å². The molecule has 0 saturated heterocycles. The maximum atomic E-state index is 13.0. The minimum Gasteiger partial charge on any atom is -0.493 e. The normalized spacial score (nSPS) is 11.9. The fourth-order valence-electron chi connectivity index (χ4n) is 2.92. The standard InChI is InChI=1S/C19H17N3O5S/c1-10-5-6-12(27-10)9-15-18(23)22-17(20-21-19(22)28-15)11-7-13(24-2)16(26-4)14(8-11)25-3/h5-9H,1-4H3/b15-9-. The lowest BCUT2D eigenvalue weighted by Gasteiger charge is -2.13. The Morgan fingerprint density at radius 2 is 1.79 bits per heavy atom. The number of aryl methyl sites for hydroxylation is 1. The van der Waals surface area contributed by atoms with Gasteiger partial charge in [0.15, 0.2) is 17.3 Å². The summed E-state index contributed by atoms with van der Waals surface area (Å²) in [6.07, 6.45) is 1.70. The van der Waals surface area contributed by atoms with Crippen molar-refractivity contribution in [1.29, 1.82) is 0 Å². The number of hydrogen-bond acceptors (Lipinski definition) is 8. The van der Waals surface area contributed by atoms with Gasteiger partial charge in [-0.05, 0) is 31.2 Å². The first kappa shape index (κ1) is 18.1. The van der Waals surface area contributed by atoms with Gasteiger partial charge in [-0.15, -0.1) is 10.2 Å². The second kappa shape index (κ2) is 7.01. The van der Waals surface area contributed by atoms with E-state index in [0.717, 1.165) is 5.76 Å². The van der Waals surface area contributed by atoms with Crippen LogP contribution in [0.2, 0.25) is 0 Å². The van der Waals surface area contributed by atoms with Crippen LogP contribution in [0.4, 0.5) is 0 Å². The SMILES string of the molecule is COc1cc(-c2nnc3s/c(=C\c4ccc(C)o4)c(=O)n23)cc(OC)c1OC. The van der Waals surface area contributed by atoms with Crippen molar-refractivity contribution in [1.82, 2.24) is 14.6 Å². The summed E-state index contributed by atoms with van der Waals surface area (Å²) < 4.78 is 23.6. The highest BCUT2D eigenvalue weighted by atomic mass is 32.1. The molecule has 9 heteroatoms. The van der Waals surface area contributed by atoms with Crippen molar-refractivity contribution in [2.45, 2.75) is 6.92 Å². The summed E-state index contributed by atoms with van der Waals surface area (Å²) in [6.45, 7) is 1.85. The highest BCUT2D eigenvalue weighted by molar-refractivity contribution is 7.15. The van der Waals surface area contributed by atoms with E-state index in [1.165, 1.54) is 37.1 Å². The number of hydrogen-bond donors (Lipinski definition) is 0. The second-order valence-corrected chi connectivity index (χ2v) is 6.93. The van der Waals surface area contributed by atoms with Crippen molar-refractivity contribution in [2.24, 2.45) is 0 Å². The Morgan fingerprint density at radius 1 is 1.07 bits per heavy atom. The topological polar surface area (TPSA) is 88.1 Å². The molecule has 4 rings (SSSR count). The molecule has 0 aliphatic rings. The van der Waals surface area contributed by atoms with Crippen LogP contribution in [0.15, 0.2) is 33.5 Å². The van der Waals surface area contributed by atoms with Crippen LogP contribution in [0, 0.1) is 6.92 Å². The Hall–Kier alpha value is -3.33. The van der Waals surface area contributed by atoms with Crippen molar-refractivity contribution < 1.29 is 18.6 Å². The van der Waals surface area contributed by atoms with E-state index in [2.05, 4.69) is 10.2 Å². The molecule has 1 aromatic carbocycles. The van der Waals surface area contributed by atoms with Crippen molar-refractivity contribution in [3.05, 3.63) is 50.7 Å². The molecule has 0 aliphatic heterocycles. The van der Waals surface area contributed by atoms with E-state index in [1.807, 2.05) is 19.1 Å². The number of fused-ring (bicyclic) bond motifs is 1. The molecule has 0 radical (unpaired) electrons. The molecule has 3 heterocycles. The highest BCUT2D eigenvalue weighted by Gasteiger charge is 2.19. The van der Waals surface area contributed by atoms with Gasteiger partial charge in [-0.2, -0.15) is 0 Å². The number of benzene rings is 1. The molecule has 0 aliphatic carbocycles. The Balaban J connectivity index is 1.91. The summed E-state index contributed by atoms with van der Waals surface area (Å²) in [4.78, 5) is 13.4. The molecule has 144 valence electrons. The monoisotopic (exact) mass is 399 g/mol. The number of thiazole rings is 1. The molecule has 0 amide bonds. The predicted molar refractivity (Wildman–Crippen MR) is 104 cm³/mol. The molecule has 0 atom stereocenters. The zero-order valence-electron chi connectivity index (χ0n) is 15.7. The third kappa shape index (κ3) is 2.89. The lowest BCUT2D eigenvalue weighted by atomic mass is 10.1. The molecule has 0 saturated carbocycles. The van der Waals surface area contributed by atoms with Crippen LogP contribution in [-0.2, 0) is 0 Å². The smallest absolute Gasteiger partial charge is 0.276 e. The lowest BCUT2D eigenvalue weighted by molar-refractivity contribution is 0.324. The van der Waals surface area contributed by atoms with Crippen molar-refractivity contribution in [2.75, 3.05) is 21.3 Å². The van der Waals surface area contributed by atoms with E-state index in [0.29, 0.717) is 43.9 Å². The quantitative estimate of drug-likeness (QED) is 0.509. The molecule has 28 heavy (non-hydrogen) atoms. The van der Waals surface area contributed by atoms with Gasteiger partial charge in [-0.1, -0.05) is 11.3 Å². The summed E-state index contributed by atoms with van der Waals surface area (Å²) in [5, 5.41) is 8.32. The van der Waals surface area contributed by atoms with Crippen molar-refractivity contribution >= 4 is 22.4 Å². The number of furan rings is 1. The summed E-state index contributed by atoms with van der Waals surface area (Å²) >= 11 is 1.25. The molecule has 0 spiro atoms. The average molecular weight is 399 g/mol. The Labute approximate surface area is 163 Å². The molecular weight excluding hydrogens is 382 g/mol. The van der Waals surface area contributed by atoms with E-state index in [-0.39, 0.29) is 5.56 Å². The Morgan fingerprint density at radius 3 is 2.36 bits per heavy atom. The minimum absolute atomic E-state index is 0.220. The summed E-state index contributed by atoms with van der Waals surface area (Å²) in [5.41, 5.74) is 0.403. The van der Waals surface area contributed by atoms with Gasteiger partial charge in [0.1, 0.15) is 16.1 Å². The van der Waals surface area contributed by atoms with E-state index >= 15 is 0 Å². The largest absolute Gasteiger partial charge is 0.493 e. The first-order valence-electron chi connectivity index (χ1n) is 8.32. The second-order valence-electron chi connectivity index (χ2n) is 5.92. The first-order chi connectivity index (χ1) is 13.5. The summed E-state index contributed by atoms with van der Waals surface area (Å²) in [5.74, 6) is 3.18. The van der Waals surface area contributed by atoms with Crippen LogP contribution in [0.25, 0.3) is 22.4 Å². The van der Waals surface area contributed by atoms with Gasteiger partial charge in [-0.3, -0.25) is 4.79 Å².